The van der Waals surface area contributed by atoms with Crippen LogP contribution in [-0.4, -0.2) is 32.2 Å². The number of ether oxygens (including phenoxy) is 2. The third-order valence-corrected chi connectivity index (χ3v) is 2.98. The quantitative estimate of drug-likeness (QED) is 0.638. The number of hydrogen-bond acceptors (Lipinski definition) is 5. The first-order chi connectivity index (χ1) is 9.12. The lowest BCUT2D eigenvalue weighted by atomic mass is 9.85. The summed E-state index contributed by atoms with van der Waals surface area (Å²) in [6, 6.07) is 8.34. The molecule has 1 aliphatic heterocycles. The van der Waals surface area contributed by atoms with Crippen molar-refractivity contribution in [2.24, 2.45) is 5.41 Å². The molecule has 0 aromatic heterocycles. The van der Waals surface area contributed by atoms with Crippen LogP contribution < -0.4 is 5.32 Å². The molecular weight excluding hydrogens is 248 g/mol. The van der Waals surface area contributed by atoms with Gasteiger partial charge in [-0.15, -0.1) is 0 Å². The Kier molecular flexibility index (Phi) is 3.49. The Hall–Kier alpha value is -2.39. The summed E-state index contributed by atoms with van der Waals surface area (Å²) < 4.78 is 9.58. The van der Waals surface area contributed by atoms with Crippen LogP contribution >= 0.6 is 0 Å². The molecule has 1 aliphatic rings. The van der Waals surface area contributed by atoms with Gasteiger partial charge in [0.05, 0.1) is 32.0 Å². The third kappa shape index (κ3) is 2.28. The normalized spacial score (nSPS) is 15.8. The molecule has 1 saturated heterocycles. The van der Waals surface area contributed by atoms with E-state index >= 15 is 0 Å². The first kappa shape index (κ1) is 13.1. The minimum atomic E-state index is -1.26. The maximum atomic E-state index is 12.1. The van der Waals surface area contributed by atoms with Crippen molar-refractivity contribution in [3.05, 3.63) is 29.8 Å². The van der Waals surface area contributed by atoms with Crippen molar-refractivity contribution < 1.29 is 19.1 Å². The van der Waals surface area contributed by atoms with Crippen molar-refractivity contribution in [2.45, 2.75) is 0 Å². The zero-order valence-corrected chi connectivity index (χ0v) is 10.3. The van der Waals surface area contributed by atoms with Gasteiger partial charge in [-0.25, -0.2) is 0 Å². The number of nitrogens with zero attached hydrogens (tertiary/aromatic N) is 1. The molecule has 0 aliphatic carbocycles. The highest BCUT2D eigenvalue weighted by molar-refractivity contribution is 6.09. The smallest absolute Gasteiger partial charge is 0.326 e. The fourth-order valence-corrected chi connectivity index (χ4v) is 1.72. The van der Waals surface area contributed by atoms with E-state index in [1.807, 2.05) is 6.07 Å². The van der Waals surface area contributed by atoms with Crippen LogP contribution in [0.15, 0.2) is 24.3 Å². The summed E-state index contributed by atoms with van der Waals surface area (Å²) in [6.07, 6.45) is 0. The zero-order valence-electron chi connectivity index (χ0n) is 10.3. The summed E-state index contributed by atoms with van der Waals surface area (Å²) in [7, 11) is 1.23. The number of carbonyl (C=O) groups is 2. The molecule has 1 fully saturated rings. The van der Waals surface area contributed by atoms with Crippen LogP contribution in [0.3, 0.4) is 0 Å². The van der Waals surface area contributed by atoms with Gasteiger partial charge in [0.15, 0.2) is 5.41 Å². The van der Waals surface area contributed by atoms with Crippen molar-refractivity contribution >= 4 is 17.6 Å². The Morgan fingerprint density at radius 3 is 2.42 bits per heavy atom. The summed E-state index contributed by atoms with van der Waals surface area (Å²) in [6.45, 7) is 0.0313. The molecule has 1 aromatic carbocycles. The van der Waals surface area contributed by atoms with Gasteiger partial charge in [-0.3, -0.25) is 9.59 Å². The second-order valence-corrected chi connectivity index (χ2v) is 4.21. The van der Waals surface area contributed by atoms with Gasteiger partial charge in [-0.2, -0.15) is 5.26 Å². The molecule has 1 amide bonds. The molecule has 0 spiro atoms. The number of nitriles is 1. The molecule has 0 unspecified atom stereocenters. The van der Waals surface area contributed by atoms with Crippen LogP contribution in [-0.2, 0) is 19.1 Å². The molecule has 2 rings (SSSR count). The van der Waals surface area contributed by atoms with Crippen molar-refractivity contribution in [3.63, 3.8) is 0 Å². The van der Waals surface area contributed by atoms with E-state index in [1.54, 1.807) is 24.3 Å². The summed E-state index contributed by atoms with van der Waals surface area (Å²) in [5, 5.41) is 11.3. The van der Waals surface area contributed by atoms with Gasteiger partial charge in [0.2, 0.25) is 5.91 Å². The molecule has 0 radical (unpaired) electrons. The SMILES string of the molecule is COC(=O)C1(C(=O)Nc2ccc(C#N)cc2)COC1. The topological polar surface area (TPSA) is 88.4 Å². The van der Waals surface area contributed by atoms with E-state index in [0.717, 1.165) is 0 Å². The van der Waals surface area contributed by atoms with Crippen molar-refractivity contribution in [1.82, 2.24) is 0 Å². The second-order valence-electron chi connectivity index (χ2n) is 4.21. The largest absolute Gasteiger partial charge is 0.468 e. The molecule has 1 N–H and O–H groups in total. The maximum absolute atomic E-state index is 12.1. The summed E-state index contributed by atoms with van der Waals surface area (Å²) in [4.78, 5) is 23.8. The number of hydrogen-bond donors (Lipinski definition) is 1. The molecule has 1 heterocycles. The van der Waals surface area contributed by atoms with E-state index in [2.05, 4.69) is 10.1 Å². The van der Waals surface area contributed by atoms with Crippen LogP contribution in [0.4, 0.5) is 5.69 Å². The van der Waals surface area contributed by atoms with Gasteiger partial charge in [0.1, 0.15) is 0 Å². The first-order valence-corrected chi connectivity index (χ1v) is 5.60. The van der Waals surface area contributed by atoms with E-state index in [1.165, 1.54) is 7.11 Å². The van der Waals surface area contributed by atoms with Crippen LogP contribution in [0.5, 0.6) is 0 Å². The number of anilines is 1. The Balaban J connectivity index is 2.11. The van der Waals surface area contributed by atoms with Gasteiger partial charge in [0, 0.05) is 5.69 Å². The lowest BCUT2D eigenvalue weighted by Gasteiger charge is -2.36. The Morgan fingerprint density at radius 1 is 1.37 bits per heavy atom. The Labute approximate surface area is 109 Å². The predicted molar refractivity (Wildman–Crippen MR) is 65.1 cm³/mol. The average molecular weight is 260 g/mol. The maximum Gasteiger partial charge on any atom is 0.326 e. The number of esters is 1. The highest BCUT2D eigenvalue weighted by Gasteiger charge is 2.54. The third-order valence-electron chi connectivity index (χ3n) is 2.98. The summed E-state index contributed by atoms with van der Waals surface area (Å²) in [5.41, 5.74) is -0.255. The standard InChI is InChI=1S/C13H12N2O4/c1-18-12(17)13(7-19-8-13)11(16)15-10-4-2-9(6-14)3-5-10/h2-5H,7-8H2,1H3,(H,15,16). The number of methoxy groups -OCH3 is 1. The molecule has 0 saturated carbocycles. The Bertz CT molecular complexity index is 541. The fourth-order valence-electron chi connectivity index (χ4n) is 1.72. The molecule has 0 bridgehead atoms. The molecule has 6 heteroatoms. The number of carbonyl (C=O) groups excluding carboxylic acids is 2. The fraction of sp³-hybridized carbons (Fsp3) is 0.308. The van der Waals surface area contributed by atoms with Gasteiger partial charge >= 0.3 is 5.97 Å². The first-order valence-electron chi connectivity index (χ1n) is 5.60. The number of benzene rings is 1. The second kappa shape index (κ2) is 5.08. The minimum Gasteiger partial charge on any atom is -0.468 e. The highest BCUT2D eigenvalue weighted by atomic mass is 16.5. The van der Waals surface area contributed by atoms with E-state index in [-0.39, 0.29) is 13.2 Å². The zero-order chi connectivity index (χ0) is 13.9. The van der Waals surface area contributed by atoms with Gasteiger partial charge in [-0.05, 0) is 24.3 Å². The monoisotopic (exact) mass is 260 g/mol. The van der Waals surface area contributed by atoms with Crippen molar-refractivity contribution in [1.29, 1.82) is 5.26 Å². The number of amides is 1. The van der Waals surface area contributed by atoms with E-state index in [0.29, 0.717) is 11.3 Å². The molecular formula is C13H12N2O4. The Morgan fingerprint density at radius 2 is 2.00 bits per heavy atom. The van der Waals surface area contributed by atoms with Crippen LogP contribution in [0.25, 0.3) is 0 Å². The molecule has 0 atom stereocenters. The molecule has 98 valence electrons. The molecule has 19 heavy (non-hydrogen) atoms. The highest BCUT2D eigenvalue weighted by Crippen LogP contribution is 2.30. The lowest BCUT2D eigenvalue weighted by molar-refractivity contribution is -0.185. The average Bonchev–Trinajstić information content (AvgIpc) is 2.38. The van der Waals surface area contributed by atoms with Crippen LogP contribution in [0.2, 0.25) is 0 Å². The van der Waals surface area contributed by atoms with Gasteiger partial charge in [-0.1, -0.05) is 0 Å². The van der Waals surface area contributed by atoms with E-state index < -0.39 is 17.3 Å². The predicted octanol–water partition coefficient (Wildman–Crippen LogP) is 0.686. The van der Waals surface area contributed by atoms with Gasteiger partial charge in [0.25, 0.3) is 0 Å². The molecule has 6 nitrogen and oxygen atoms in total. The van der Waals surface area contributed by atoms with Crippen LogP contribution in [0, 0.1) is 16.7 Å². The minimum absolute atomic E-state index is 0.0157. The van der Waals surface area contributed by atoms with E-state index in [9.17, 15) is 9.59 Å². The summed E-state index contributed by atoms with van der Waals surface area (Å²) in [5.74, 6) is -1.07. The number of nitrogens with one attached hydrogen (secondary N) is 1. The van der Waals surface area contributed by atoms with Gasteiger partial charge < -0.3 is 14.8 Å². The summed E-state index contributed by atoms with van der Waals surface area (Å²) >= 11 is 0. The van der Waals surface area contributed by atoms with E-state index in [4.69, 9.17) is 10.00 Å². The van der Waals surface area contributed by atoms with Crippen LogP contribution in [0.1, 0.15) is 5.56 Å². The van der Waals surface area contributed by atoms with Crippen molar-refractivity contribution in [3.8, 4) is 6.07 Å². The number of rotatable bonds is 3. The molecule has 1 aromatic rings. The lowest BCUT2D eigenvalue weighted by Crippen LogP contribution is -2.57. The van der Waals surface area contributed by atoms with Crippen molar-refractivity contribution in [2.75, 3.05) is 25.6 Å².